The van der Waals surface area contributed by atoms with Crippen molar-refractivity contribution < 1.29 is 14.0 Å². The molecular formula is C25H23ClN4O3S. The number of furan rings is 1. The van der Waals surface area contributed by atoms with E-state index in [1.54, 1.807) is 42.7 Å². The van der Waals surface area contributed by atoms with Crippen LogP contribution in [-0.2, 0) is 11.3 Å². The van der Waals surface area contributed by atoms with Gasteiger partial charge in [0, 0.05) is 28.3 Å². The molecule has 2 aromatic carbocycles. The lowest BCUT2D eigenvalue weighted by atomic mass is 10.1. The minimum absolute atomic E-state index is 0.0375. The molecule has 2 heterocycles. The lowest BCUT2D eigenvalue weighted by molar-refractivity contribution is -0.116. The number of Topliss-reactive ketones (excluding diaryl/α,β-unsaturated/α-hetero) is 1. The van der Waals surface area contributed by atoms with Gasteiger partial charge in [-0.1, -0.05) is 30.3 Å². The largest absolute Gasteiger partial charge is 0.467 e. The van der Waals surface area contributed by atoms with E-state index >= 15 is 0 Å². The molecule has 0 aliphatic carbocycles. The molecular weight excluding hydrogens is 472 g/mol. The average Bonchev–Trinajstić information content (AvgIpc) is 3.49. The maximum atomic E-state index is 12.8. The fraction of sp³-hybridized carbons (Fsp3) is 0.200. The Morgan fingerprint density at radius 1 is 1.06 bits per heavy atom. The summed E-state index contributed by atoms with van der Waals surface area (Å²) in [5.41, 5.74) is 2.10. The molecule has 34 heavy (non-hydrogen) atoms. The zero-order valence-electron chi connectivity index (χ0n) is 18.5. The summed E-state index contributed by atoms with van der Waals surface area (Å²) in [5.74, 6) is 1.53. The molecule has 0 aliphatic heterocycles. The summed E-state index contributed by atoms with van der Waals surface area (Å²) in [6, 6.07) is 18.0. The highest BCUT2D eigenvalue weighted by Crippen LogP contribution is 2.27. The van der Waals surface area contributed by atoms with Gasteiger partial charge >= 0.3 is 0 Å². The summed E-state index contributed by atoms with van der Waals surface area (Å²) in [4.78, 5) is 24.5. The Hall–Kier alpha value is -3.36. The van der Waals surface area contributed by atoms with E-state index in [9.17, 15) is 9.59 Å². The van der Waals surface area contributed by atoms with Crippen molar-refractivity contribution in [1.82, 2.24) is 14.8 Å². The lowest BCUT2D eigenvalue weighted by Gasteiger charge is -2.09. The molecule has 0 unspecified atom stereocenters. The second-order valence-electron chi connectivity index (χ2n) is 7.57. The summed E-state index contributed by atoms with van der Waals surface area (Å²) in [7, 11) is 0. The lowest BCUT2D eigenvalue weighted by Crippen LogP contribution is -2.11. The first-order valence-corrected chi connectivity index (χ1v) is 12.2. The number of benzene rings is 2. The van der Waals surface area contributed by atoms with Gasteiger partial charge in [-0.2, -0.15) is 0 Å². The van der Waals surface area contributed by atoms with Crippen molar-refractivity contribution in [3.05, 3.63) is 83.3 Å². The summed E-state index contributed by atoms with van der Waals surface area (Å²) in [5, 5.41) is 12.8. The van der Waals surface area contributed by atoms with Crippen molar-refractivity contribution in [2.75, 3.05) is 11.1 Å². The van der Waals surface area contributed by atoms with Gasteiger partial charge in [0.15, 0.2) is 16.8 Å². The Balaban J connectivity index is 1.48. The number of nitrogens with zero attached hydrogens (tertiary/aromatic N) is 3. The van der Waals surface area contributed by atoms with Crippen LogP contribution in [0.4, 0.5) is 5.69 Å². The van der Waals surface area contributed by atoms with Crippen molar-refractivity contribution >= 4 is 40.7 Å². The standard InChI is InChI=1S/C25H23ClN4O3S/c1-2-4-23(32)27-20-12-8-17(9-13-20)22(31)16-34-25-29-28-24(18-6-10-19(26)11-7-18)30(25)15-21-5-3-14-33-21/h3,5-14H,2,4,15-16H2,1H3,(H,27,32). The first-order valence-electron chi connectivity index (χ1n) is 10.8. The predicted molar refractivity (Wildman–Crippen MR) is 133 cm³/mol. The monoisotopic (exact) mass is 494 g/mol. The van der Waals surface area contributed by atoms with E-state index in [4.69, 9.17) is 16.0 Å². The Morgan fingerprint density at radius 2 is 1.82 bits per heavy atom. The normalized spacial score (nSPS) is 10.9. The molecule has 0 radical (unpaired) electrons. The molecule has 1 N–H and O–H groups in total. The van der Waals surface area contributed by atoms with Crippen LogP contribution in [-0.4, -0.2) is 32.2 Å². The van der Waals surface area contributed by atoms with E-state index in [1.807, 2.05) is 35.8 Å². The van der Waals surface area contributed by atoms with Gasteiger partial charge in [-0.25, -0.2) is 0 Å². The fourth-order valence-electron chi connectivity index (χ4n) is 3.31. The van der Waals surface area contributed by atoms with Crippen molar-refractivity contribution in [2.24, 2.45) is 0 Å². The molecule has 0 atom stereocenters. The number of hydrogen-bond donors (Lipinski definition) is 1. The number of ketones is 1. The number of nitrogens with one attached hydrogen (secondary N) is 1. The van der Waals surface area contributed by atoms with Gasteiger partial charge in [0.1, 0.15) is 5.76 Å². The number of carbonyl (C=O) groups is 2. The maximum Gasteiger partial charge on any atom is 0.224 e. The third kappa shape index (κ3) is 5.95. The molecule has 0 saturated heterocycles. The Morgan fingerprint density at radius 3 is 2.50 bits per heavy atom. The van der Waals surface area contributed by atoms with E-state index in [2.05, 4.69) is 15.5 Å². The number of aromatic nitrogens is 3. The summed E-state index contributed by atoms with van der Waals surface area (Å²) >= 11 is 7.34. The summed E-state index contributed by atoms with van der Waals surface area (Å²) < 4.78 is 7.44. The molecule has 4 rings (SSSR count). The van der Waals surface area contributed by atoms with Crippen molar-refractivity contribution in [1.29, 1.82) is 0 Å². The molecule has 4 aromatic rings. The average molecular weight is 495 g/mol. The van der Waals surface area contributed by atoms with Gasteiger partial charge in [0.2, 0.25) is 5.91 Å². The molecule has 0 fully saturated rings. The van der Waals surface area contributed by atoms with Gasteiger partial charge in [-0.3, -0.25) is 14.2 Å². The molecule has 9 heteroatoms. The minimum atomic E-state index is -0.0444. The van der Waals surface area contributed by atoms with Gasteiger partial charge in [-0.15, -0.1) is 10.2 Å². The first-order chi connectivity index (χ1) is 16.5. The van der Waals surface area contributed by atoms with E-state index in [-0.39, 0.29) is 17.4 Å². The maximum absolute atomic E-state index is 12.8. The van der Waals surface area contributed by atoms with E-state index in [0.717, 1.165) is 17.7 Å². The topological polar surface area (TPSA) is 90.0 Å². The van der Waals surface area contributed by atoms with Crippen LogP contribution in [0.25, 0.3) is 11.4 Å². The smallest absolute Gasteiger partial charge is 0.224 e. The second kappa shape index (κ2) is 11.2. The van der Waals surface area contributed by atoms with Crippen LogP contribution in [0.1, 0.15) is 35.9 Å². The van der Waals surface area contributed by atoms with E-state index in [0.29, 0.717) is 40.2 Å². The number of rotatable bonds is 10. The Bertz CT molecular complexity index is 1250. The third-order valence-electron chi connectivity index (χ3n) is 5.01. The van der Waals surface area contributed by atoms with Crippen LogP contribution in [0.2, 0.25) is 5.02 Å². The summed E-state index contributed by atoms with van der Waals surface area (Å²) in [6.07, 6.45) is 2.87. The SMILES string of the molecule is CCCC(=O)Nc1ccc(C(=O)CSc2nnc(-c3ccc(Cl)cc3)n2Cc2ccco2)cc1. The number of halogens is 1. The number of thioether (sulfide) groups is 1. The third-order valence-corrected chi connectivity index (χ3v) is 6.23. The fourth-order valence-corrected chi connectivity index (χ4v) is 4.27. The molecule has 0 bridgehead atoms. The molecule has 174 valence electrons. The molecule has 7 nitrogen and oxygen atoms in total. The molecule has 0 aliphatic rings. The highest BCUT2D eigenvalue weighted by atomic mass is 35.5. The predicted octanol–water partition coefficient (Wildman–Crippen LogP) is 5.95. The zero-order valence-corrected chi connectivity index (χ0v) is 20.1. The molecule has 1 amide bonds. The molecule has 2 aromatic heterocycles. The van der Waals surface area contributed by atoms with Crippen LogP contribution in [0.5, 0.6) is 0 Å². The van der Waals surface area contributed by atoms with Gasteiger partial charge in [0.05, 0.1) is 18.6 Å². The van der Waals surface area contributed by atoms with Gasteiger partial charge in [-0.05, 0) is 67.1 Å². The second-order valence-corrected chi connectivity index (χ2v) is 8.94. The zero-order chi connectivity index (χ0) is 23.9. The first kappa shape index (κ1) is 23.8. The Kier molecular flexibility index (Phi) is 7.82. The number of hydrogen-bond acceptors (Lipinski definition) is 6. The number of anilines is 1. The number of carbonyl (C=O) groups excluding carboxylic acids is 2. The van der Waals surface area contributed by atoms with Gasteiger partial charge < -0.3 is 9.73 Å². The van der Waals surface area contributed by atoms with Crippen molar-refractivity contribution in [3.8, 4) is 11.4 Å². The quantitative estimate of drug-likeness (QED) is 0.216. The van der Waals surface area contributed by atoms with E-state index < -0.39 is 0 Å². The van der Waals surface area contributed by atoms with Crippen LogP contribution in [0.15, 0.2) is 76.5 Å². The van der Waals surface area contributed by atoms with E-state index in [1.165, 1.54) is 11.8 Å². The highest BCUT2D eigenvalue weighted by molar-refractivity contribution is 7.99. The minimum Gasteiger partial charge on any atom is -0.467 e. The number of amides is 1. The van der Waals surface area contributed by atoms with Crippen LogP contribution in [0, 0.1) is 0 Å². The molecule has 0 saturated carbocycles. The van der Waals surface area contributed by atoms with Crippen molar-refractivity contribution in [2.45, 2.75) is 31.5 Å². The van der Waals surface area contributed by atoms with Crippen LogP contribution in [0.3, 0.4) is 0 Å². The Labute approximate surface area is 206 Å². The van der Waals surface area contributed by atoms with Crippen molar-refractivity contribution in [3.63, 3.8) is 0 Å². The van der Waals surface area contributed by atoms with Crippen LogP contribution >= 0.6 is 23.4 Å². The summed E-state index contributed by atoms with van der Waals surface area (Å²) in [6.45, 7) is 2.38. The van der Waals surface area contributed by atoms with Gasteiger partial charge in [0.25, 0.3) is 0 Å². The van der Waals surface area contributed by atoms with Crippen LogP contribution < -0.4 is 5.32 Å². The molecule has 0 spiro atoms. The highest BCUT2D eigenvalue weighted by Gasteiger charge is 2.18.